The molecule has 100 valence electrons. The first-order valence-electron chi connectivity index (χ1n) is 6.64. The second-order valence-electron chi connectivity index (χ2n) is 5.22. The highest BCUT2D eigenvalue weighted by Gasteiger charge is 2.25. The van der Waals surface area contributed by atoms with Crippen LogP contribution in [0.4, 0.5) is 5.82 Å². The predicted octanol–water partition coefficient (Wildman–Crippen LogP) is 2.40. The smallest absolute Gasteiger partial charge is 0.280 e. The highest BCUT2D eigenvalue weighted by molar-refractivity contribution is 5.61. The largest absolute Gasteiger partial charge is 0.382 e. The second-order valence-corrected chi connectivity index (χ2v) is 5.22. The molecule has 2 aromatic rings. The summed E-state index contributed by atoms with van der Waals surface area (Å²) in [5.41, 5.74) is 6.22. The lowest BCUT2D eigenvalue weighted by Crippen LogP contribution is -2.12. The van der Waals surface area contributed by atoms with Gasteiger partial charge in [-0.15, -0.1) is 0 Å². The van der Waals surface area contributed by atoms with Crippen LogP contribution in [0.5, 0.6) is 0 Å². The molecule has 0 spiro atoms. The van der Waals surface area contributed by atoms with Gasteiger partial charge in [-0.25, -0.2) is 9.97 Å². The van der Waals surface area contributed by atoms with Crippen LogP contribution in [-0.4, -0.2) is 20.1 Å². The molecule has 3 rings (SSSR count). The number of aromatic nitrogens is 4. The minimum Gasteiger partial charge on any atom is -0.382 e. The Balaban J connectivity index is 1.85. The maximum Gasteiger partial charge on any atom is 0.280 e. The molecule has 0 bridgehead atoms. The van der Waals surface area contributed by atoms with Crippen molar-refractivity contribution in [3.8, 4) is 11.6 Å². The van der Waals surface area contributed by atoms with E-state index in [-0.39, 0.29) is 0 Å². The van der Waals surface area contributed by atoms with E-state index in [1.54, 1.807) is 12.4 Å². The molecule has 0 radical (unpaired) electrons. The van der Waals surface area contributed by atoms with Gasteiger partial charge in [-0.05, 0) is 18.8 Å². The molecule has 0 aliphatic heterocycles. The Hall–Kier alpha value is -1.98. The van der Waals surface area contributed by atoms with E-state index in [0.29, 0.717) is 23.3 Å². The van der Waals surface area contributed by atoms with Crippen molar-refractivity contribution in [2.45, 2.75) is 38.5 Å². The lowest BCUT2D eigenvalue weighted by Gasteiger charge is -2.23. The first-order valence-corrected chi connectivity index (χ1v) is 6.64. The summed E-state index contributed by atoms with van der Waals surface area (Å²) in [7, 11) is 0. The van der Waals surface area contributed by atoms with Crippen molar-refractivity contribution in [3.63, 3.8) is 0 Å². The Kier molecular flexibility index (Phi) is 3.15. The van der Waals surface area contributed by atoms with Crippen LogP contribution >= 0.6 is 0 Å². The first-order chi connectivity index (χ1) is 9.24. The van der Waals surface area contributed by atoms with Crippen LogP contribution < -0.4 is 5.73 Å². The van der Waals surface area contributed by atoms with E-state index in [9.17, 15) is 0 Å². The fourth-order valence-electron chi connectivity index (χ4n) is 2.68. The molecule has 1 aliphatic rings. The summed E-state index contributed by atoms with van der Waals surface area (Å²) >= 11 is 0. The maximum absolute atomic E-state index is 5.76. The molecule has 6 heteroatoms. The van der Waals surface area contributed by atoms with Crippen LogP contribution in [0.2, 0.25) is 0 Å². The predicted molar refractivity (Wildman–Crippen MR) is 70.1 cm³/mol. The van der Waals surface area contributed by atoms with Crippen molar-refractivity contribution in [3.05, 3.63) is 18.2 Å². The summed E-state index contributed by atoms with van der Waals surface area (Å²) in [5, 5.41) is 4.08. The quantitative estimate of drug-likeness (QED) is 0.890. The molecule has 0 saturated heterocycles. The molecule has 2 heterocycles. The molecule has 2 aromatic heterocycles. The summed E-state index contributed by atoms with van der Waals surface area (Å²) < 4.78 is 5.28. The number of nitrogens with zero attached hydrogens (tertiary/aromatic N) is 4. The Bertz CT molecular complexity index is 568. The summed E-state index contributed by atoms with van der Waals surface area (Å²) in [5.74, 6) is 2.56. The van der Waals surface area contributed by atoms with E-state index in [2.05, 4.69) is 27.0 Å². The molecule has 2 N–H and O–H groups in total. The van der Waals surface area contributed by atoms with E-state index in [1.807, 2.05) is 0 Å². The van der Waals surface area contributed by atoms with Gasteiger partial charge in [-0.3, -0.25) is 0 Å². The number of hydrogen-bond acceptors (Lipinski definition) is 6. The van der Waals surface area contributed by atoms with Gasteiger partial charge < -0.3 is 10.3 Å². The molecule has 6 nitrogen and oxygen atoms in total. The molecule has 0 aromatic carbocycles. The SMILES string of the molecule is CC1CCCC(c2noc(-c3nccnc3N)n2)C1. The number of nitrogens with two attached hydrogens (primary N) is 1. The van der Waals surface area contributed by atoms with Gasteiger partial charge in [0.05, 0.1) is 0 Å². The molecule has 2 unspecified atom stereocenters. The minimum atomic E-state index is 0.315. The molecule has 1 fully saturated rings. The van der Waals surface area contributed by atoms with Gasteiger partial charge in [0.15, 0.2) is 17.3 Å². The second kappa shape index (κ2) is 4.95. The maximum atomic E-state index is 5.76. The molecular weight excluding hydrogens is 242 g/mol. The molecule has 19 heavy (non-hydrogen) atoms. The van der Waals surface area contributed by atoms with Crippen LogP contribution in [0.3, 0.4) is 0 Å². The van der Waals surface area contributed by atoms with E-state index in [4.69, 9.17) is 10.3 Å². The standard InChI is InChI=1S/C13H17N5O/c1-8-3-2-4-9(7-8)12-17-13(19-18-12)10-11(14)16-6-5-15-10/h5-6,8-9H,2-4,7H2,1H3,(H2,14,16). The first kappa shape index (κ1) is 12.1. The van der Waals surface area contributed by atoms with Crippen molar-refractivity contribution in [2.24, 2.45) is 5.92 Å². The number of rotatable bonds is 2. The number of nitrogen functional groups attached to an aromatic ring is 1. The van der Waals surface area contributed by atoms with Gasteiger partial charge in [0, 0.05) is 18.3 Å². The monoisotopic (exact) mass is 259 g/mol. The third kappa shape index (κ3) is 2.43. The van der Waals surface area contributed by atoms with Crippen LogP contribution in [0.15, 0.2) is 16.9 Å². The highest BCUT2D eigenvalue weighted by atomic mass is 16.5. The van der Waals surface area contributed by atoms with Gasteiger partial charge in [-0.1, -0.05) is 24.9 Å². The van der Waals surface area contributed by atoms with Crippen molar-refractivity contribution < 1.29 is 4.52 Å². The van der Waals surface area contributed by atoms with E-state index >= 15 is 0 Å². The van der Waals surface area contributed by atoms with Crippen LogP contribution in [0.25, 0.3) is 11.6 Å². The average Bonchev–Trinajstić information content (AvgIpc) is 2.89. The van der Waals surface area contributed by atoms with Crippen molar-refractivity contribution >= 4 is 5.82 Å². The highest BCUT2D eigenvalue weighted by Crippen LogP contribution is 2.35. The summed E-state index contributed by atoms with van der Waals surface area (Å²) in [4.78, 5) is 12.6. The fourth-order valence-corrected chi connectivity index (χ4v) is 2.68. The van der Waals surface area contributed by atoms with E-state index in [1.165, 1.54) is 12.8 Å². The third-order valence-corrected chi connectivity index (χ3v) is 3.67. The van der Waals surface area contributed by atoms with Gasteiger partial charge in [0.25, 0.3) is 5.89 Å². The Morgan fingerprint density at radius 2 is 2.11 bits per heavy atom. The Labute approximate surface area is 111 Å². The normalized spacial score (nSPS) is 23.4. The zero-order valence-corrected chi connectivity index (χ0v) is 10.9. The van der Waals surface area contributed by atoms with Gasteiger partial charge in [0.2, 0.25) is 0 Å². The fraction of sp³-hybridized carbons (Fsp3) is 0.538. The minimum absolute atomic E-state index is 0.315. The van der Waals surface area contributed by atoms with Crippen molar-refractivity contribution in [2.75, 3.05) is 5.73 Å². The Morgan fingerprint density at radius 3 is 2.89 bits per heavy atom. The molecule has 1 saturated carbocycles. The zero-order valence-electron chi connectivity index (χ0n) is 10.9. The van der Waals surface area contributed by atoms with Crippen LogP contribution in [0, 0.1) is 5.92 Å². The van der Waals surface area contributed by atoms with Crippen LogP contribution in [0.1, 0.15) is 44.3 Å². The number of anilines is 1. The summed E-state index contributed by atoms with van der Waals surface area (Å²) in [6, 6.07) is 0. The summed E-state index contributed by atoms with van der Waals surface area (Å²) in [6.07, 6.45) is 7.87. The van der Waals surface area contributed by atoms with Crippen LogP contribution in [-0.2, 0) is 0 Å². The molecule has 1 aliphatic carbocycles. The van der Waals surface area contributed by atoms with Gasteiger partial charge >= 0.3 is 0 Å². The molecular formula is C13H17N5O. The third-order valence-electron chi connectivity index (χ3n) is 3.67. The van der Waals surface area contributed by atoms with Crippen molar-refractivity contribution in [1.82, 2.24) is 20.1 Å². The van der Waals surface area contributed by atoms with Gasteiger partial charge in [-0.2, -0.15) is 4.98 Å². The van der Waals surface area contributed by atoms with E-state index in [0.717, 1.165) is 24.6 Å². The average molecular weight is 259 g/mol. The topological polar surface area (TPSA) is 90.7 Å². The lowest BCUT2D eigenvalue weighted by molar-refractivity contribution is 0.324. The Morgan fingerprint density at radius 1 is 1.26 bits per heavy atom. The molecule has 0 amide bonds. The van der Waals surface area contributed by atoms with Gasteiger partial charge in [0.1, 0.15) is 0 Å². The van der Waals surface area contributed by atoms with Crippen molar-refractivity contribution in [1.29, 1.82) is 0 Å². The zero-order chi connectivity index (χ0) is 13.2. The summed E-state index contributed by atoms with van der Waals surface area (Å²) in [6.45, 7) is 2.27. The van der Waals surface area contributed by atoms with E-state index < -0.39 is 0 Å². The lowest BCUT2D eigenvalue weighted by atomic mass is 9.82. The number of hydrogen-bond donors (Lipinski definition) is 1. The molecule has 2 atom stereocenters.